The zero-order valence-electron chi connectivity index (χ0n) is 9.00. The van der Waals surface area contributed by atoms with Crippen LogP contribution in [0, 0.1) is 0 Å². The fourth-order valence-corrected chi connectivity index (χ4v) is 2.38. The van der Waals surface area contributed by atoms with Gasteiger partial charge in [-0.1, -0.05) is 19.4 Å². The van der Waals surface area contributed by atoms with E-state index in [0.717, 1.165) is 18.5 Å². The van der Waals surface area contributed by atoms with Crippen LogP contribution >= 0.6 is 15.9 Å². The van der Waals surface area contributed by atoms with E-state index >= 15 is 0 Å². The first-order valence-corrected chi connectivity index (χ1v) is 6.10. The molecule has 1 aromatic rings. The largest absolute Gasteiger partial charge is 0.305 e. The lowest BCUT2D eigenvalue weighted by Gasteiger charge is -2.15. The number of Topliss-reactive ketones (excluding diaryl/α,β-unsaturated/α-hetero) is 1. The van der Waals surface area contributed by atoms with Crippen molar-refractivity contribution in [3.63, 3.8) is 0 Å². The summed E-state index contributed by atoms with van der Waals surface area (Å²) >= 11 is 3.31. The van der Waals surface area contributed by atoms with Crippen LogP contribution in [-0.2, 0) is 4.79 Å². The average molecular weight is 282 g/mol. The fourth-order valence-electron chi connectivity index (χ4n) is 1.84. The van der Waals surface area contributed by atoms with Gasteiger partial charge in [0.2, 0.25) is 0 Å². The van der Waals surface area contributed by atoms with E-state index in [4.69, 9.17) is 0 Å². The molecule has 0 bridgehead atoms. The van der Waals surface area contributed by atoms with Crippen LogP contribution in [0.2, 0.25) is 0 Å². The van der Waals surface area contributed by atoms with Crippen molar-refractivity contribution in [3.05, 3.63) is 28.2 Å². The van der Waals surface area contributed by atoms with E-state index in [0.29, 0.717) is 16.6 Å². The Bertz CT molecular complexity index is 456. The number of benzene rings is 1. The second-order valence-electron chi connectivity index (χ2n) is 3.77. The maximum atomic E-state index is 11.8. The maximum Gasteiger partial charge on any atom is 0.299 e. The van der Waals surface area contributed by atoms with Crippen LogP contribution in [0.25, 0.3) is 0 Å². The third-order valence-electron chi connectivity index (χ3n) is 2.68. The number of anilines is 1. The van der Waals surface area contributed by atoms with Gasteiger partial charge in [0.15, 0.2) is 0 Å². The highest BCUT2D eigenvalue weighted by Crippen LogP contribution is 2.34. The zero-order valence-corrected chi connectivity index (χ0v) is 10.6. The SMILES string of the molecule is CCCCN1C(=O)C(=O)c2c(Br)cccc21. The molecule has 0 spiro atoms. The monoisotopic (exact) mass is 281 g/mol. The van der Waals surface area contributed by atoms with Crippen LogP contribution in [0.15, 0.2) is 22.7 Å². The lowest BCUT2D eigenvalue weighted by Crippen LogP contribution is -2.30. The molecular weight excluding hydrogens is 270 g/mol. The molecule has 1 aliphatic rings. The molecule has 0 radical (unpaired) electrons. The number of hydrogen-bond donors (Lipinski definition) is 0. The molecular formula is C12H12BrNO2. The Balaban J connectivity index is 2.42. The number of carbonyl (C=O) groups excluding carboxylic acids is 2. The number of unbranched alkanes of at least 4 members (excludes halogenated alkanes) is 1. The van der Waals surface area contributed by atoms with Gasteiger partial charge in [-0.05, 0) is 34.5 Å². The fraction of sp³-hybridized carbons (Fsp3) is 0.333. The van der Waals surface area contributed by atoms with Gasteiger partial charge in [0.25, 0.3) is 11.7 Å². The third kappa shape index (κ3) is 1.67. The summed E-state index contributed by atoms with van der Waals surface area (Å²) in [4.78, 5) is 25.1. The van der Waals surface area contributed by atoms with Crippen LogP contribution < -0.4 is 4.90 Å². The predicted molar refractivity (Wildman–Crippen MR) is 65.7 cm³/mol. The molecule has 0 fully saturated rings. The molecule has 1 aliphatic heterocycles. The zero-order chi connectivity index (χ0) is 11.7. The van der Waals surface area contributed by atoms with Gasteiger partial charge >= 0.3 is 0 Å². The predicted octanol–water partition coefficient (Wildman–Crippen LogP) is 2.78. The molecule has 0 saturated carbocycles. The molecule has 1 amide bonds. The molecule has 0 N–H and O–H groups in total. The summed E-state index contributed by atoms with van der Waals surface area (Å²) in [6.45, 7) is 2.68. The summed E-state index contributed by atoms with van der Waals surface area (Å²) in [7, 11) is 0. The summed E-state index contributed by atoms with van der Waals surface area (Å²) in [5.74, 6) is -0.811. The van der Waals surface area contributed by atoms with Crippen LogP contribution in [-0.4, -0.2) is 18.2 Å². The van der Waals surface area contributed by atoms with E-state index in [-0.39, 0.29) is 0 Å². The Morgan fingerprint density at radius 2 is 2.06 bits per heavy atom. The van der Waals surface area contributed by atoms with Gasteiger partial charge in [0.1, 0.15) is 0 Å². The molecule has 1 heterocycles. The normalized spacial score (nSPS) is 14.5. The summed E-state index contributed by atoms with van der Waals surface area (Å²) in [6, 6.07) is 5.44. The summed E-state index contributed by atoms with van der Waals surface area (Å²) in [5.41, 5.74) is 1.24. The van der Waals surface area contributed by atoms with Crippen molar-refractivity contribution in [1.82, 2.24) is 0 Å². The Hall–Kier alpha value is -1.16. The minimum Gasteiger partial charge on any atom is -0.305 e. The first-order chi connectivity index (χ1) is 7.66. The summed E-state index contributed by atoms with van der Waals surface area (Å²) in [6.07, 6.45) is 1.91. The van der Waals surface area contributed by atoms with Crippen molar-refractivity contribution < 1.29 is 9.59 Å². The lowest BCUT2D eigenvalue weighted by atomic mass is 10.1. The van der Waals surface area contributed by atoms with E-state index in [9.17, 15) is 9.59 Å². The minimum atomic E-state index is -0.407. The first kappa shape index (κ1) is 11.3. The smallest absolute Gasteiger partial charge is 0.299 e. The van der Waals surface area contributed by atoms with Crippen LogP contribution in [0.5, 0.6) is 0 Å². The molecule has 16 heavy (non-hydrogen) atoms. The Kier molecular flexibility index (Phi) is 3.10. The lowest BCUT2D eigenvalue weighted by molar-refractivity contribution is -0.114. The maximum absolute atomic E-state index is 11.8. The second-order valence-corrected chi connectivity index (χ2v) is 4.63. The Morgan fingerprint density at radius 3 is 2.75 bits per heavy atom. The van der Waals surface area contributed by atoms with Crippen LogP contribution in [0.3, 0.4) is 0 Å². The van der Waals surface area contributed by atoms with Gasteiger partial charge in [0.05, 0.1) is 11.3 Å². The van der Waals surface area contributed by atoms with E-state index in [1.807, 2.05) is 12.1 Å². The molecule has 4 heteroatoms. The van der Waals surface area contributed by atoms with Crippen LogP contribution in [0.1, 0.15) is 30.1 Å². The Labute approximate surface area is 103 Å². The molecule has 0 atom stereocenters. The summed E-state index contributed by atoms with van der Waals surface area (Å²) < 4.78 is 0.697. The van der Waals surface area contributed by atoms with Crippen LogP contribution in [0.4, 0.5) is 5.69 Å². The van der Waals surface area contributed by atoms with Crippen molar-refractivity contribution in [2.24, 2.45) is 0 Å². The molecule has 0 aromatic heterocycles. The van der Waals surface area contributed by atoms with Gasteiger partial charge in [0, 0.05) is 11.0 Å². The second kappa shape index (κ2) is 4.37. The molecule has 1 aromatic carbocycles. The number of amides is 1. The van der Waals surface area contributed by atoms with Gasteiger partial charge in [-0.15, -0.1) is 0 Å². The first-order valence-electron chi connectivity index (χ1n) is 5.31. The average Bonchev–Trinajstić information content (AvgIpc) is 2.51. The highest BCUT2D eigenvalue weighted by molar-refractivity contribution is 9.10. The molecule has 2 rings (SSSR count). The number of nitrogens with zero attached hydrogens (tertiary/aromatic N) is 1. The van der Waals surface area contributed by atoms with Gasteiger partial charge in [-0.25, -0.2) is 0 Å². The van der Waals surface area contributed by atoms with Crippen molar-refractivity contribution in [2.75, 3.05) is 11.4 Å². The summed E-state index contributed by atoms with van der Waals surface area (Å²) in [5, 5.41) is 0. The van der Waals surface area contributed by atoms with Crippen molar-refractivity contribution >= 4 is 33.3 Å². The number of rotatable bonds is 3. The van der Waals surface area contributed by atoms with E-state index in [1.54, 1.807) is 11.0 Å². The van der Waals surface area contributed by atoms with Gasteiger partial charge in [-0.2, -0.15) is 0 Å². The molecule has 0 saturated heterocycles. The Morgan fingerprint density at radius 1 is 1.31 bits per heavy atom. The van der Waals surface area contributed by atoms with Crippen molar-refractivity contribution in [1.29, 1.82) is 0 Å². The highest BCUT2D eigenvalue weighted by atomic mass is 79.9. The standard InChI is InChI=1S/C12H12BrNO2/c1-2-3-7-14-9-6-4-5-8(13)10(9)11(15)12(14)16/h4-6H,2-3,7H2,1H3. The molecule has 0 aliphatic carbocycles. The third-order valence-corrected chi connectivity index (χ3v) is 3.34. The number of carbonyl (C=O) groups is 2. The number of ketones is 1. The topological polar surface area (TPSA) is 37.4 Å². The number of fused-ring (bicyclic) bond motifs is 1. The van der Waals surface area contributed by atoms with Gasteiger partial charge < -0.3 is 4.90 Å². The van der Waals surface area contributed by atoms with E-state index < -0.39 is 11.7 Å². The number of hydrogen-bond acceptors (Lipinski definition) is 2. The highest BCUT2D eigenvalue weighted by Gasteiger charge is 2.36. The quantitative estimate of drug-likeness (QED) is 0.799. The van der Waals surface area contributed by atoms with E-state index in [2.05, 4.69) is 22.9 Å². The van der Waals surface area contributed by atoms with Crippen molar-refractivity contribution in [2.45, 2.75) is 19.8 Å². The molecule has 3 nitrogen and oxygen atoms in total. The molecule has 0 unspecified atom stereocenters. The van der Waals surface area contributed by atoms with Crippen molar-refractivity contribution in [3.8, 4) is 0 Å². The number of halogens is 1. The molecule has 84 valence electrons. The van der Waals surface area contributed by atoms with E-state index in [1.165, 1.54) is 0 Å². The van der Waals surface area contributed by atoms with Gasteiger partial charge in [-0.3, -0.25) is 9.59 Å². The minimum absolute atomic E-state index is 0.404.